The standard InChI is InChI=1S/C22H19ClN4O3S2/c1-2-19(28)26-21(31)24-15-6-8-16(9-7-15)25-22(32)27-20(29)18-11-10-17(30-18)13-4-3-5-14(23)12-13/h3-12H,2H2,1H3,(H2,24,26,28,31)(H2,25,27,29,32). The number of thiocarbonyl (C=S) groups is 2. The maximum atomic E-state index is 12.4. The van der Waals surface area contributed by atoms with Gasteiger partial charge in [0, 0.05) is 28.4 Å². The molecule has 10 heteroatoms. The van der Waals surface area contributed by atoms with Gasteiger partial charge < -0.3 is 20.4 Å². The molecule has 0 saturated heterocycles. The predicted octanol–water partition coefficient (Wildman–Crippen LogP) is 4.95. The molecule has 3 aromatic rings. The Morgan fingerprint density at radius 2 is 1.53 bits per heavy atom. The highest BCUT2D eigenvalue weighted by Gasteiger charge is 2.14. The van der Waals surface area contributed by atoms with Gasteiger partial charge in [-0.1, -0.05) is 30.7 Å². The van der Waals surface area contributed by atoms with Crippen LogP contribution >= 0.6 is 36.0 Å². The van der Waals surface area contributed by atoms with Crippen molar-refractivity contribution < 1.29 is 14.0 Å². The van der Waals surface area contributed by atoms with E-state index in [1.54, 1.807) is 61.5 Å². The number of hydrogen-bond acceptors (Lipinski definition) is 5. The van der Waals surface area contributed by atoms with Crippen LogP contribution in [0.2, 0.25) is 5.02 Å². The minimum atomic E-state index is -0.480. The Labute approximate surface area is 200 Å². The molecule has 0 unspecified atom stereocenters. The zero-order chi connectivity index (χ0) is 23.1. The van der Waals surface area contributed by atoms with Gasteiger partial charge in [-0.05, 0) is 73.0 Å². The summed E-state index contributed by atoms with van der Waals surface area (Å²) in [5.74, 6) is -0.0110. The lowest BCUT2D eigenvalue weighted by Gasteiger charge is -2.11. The van der Waals surface area contributed by atoms with E-state index >= 15 is 0 Å². The maximum absolute atomic E-state index is 12.4. The van der Waals surface area contributed by atoms with Gasteiger partial charge in [0.15, 0.2) is 16.0 Å². The molecule has 0 aliphatic carbocycles. The van der Waals surface area contributed by atoms with Gasteiger partial charge in [-0.2, -0.15) is 0 Å². The third kappa shape index (κ3) is 6.61. The summed E-state index contributed by atoms with van der Waals surface area (Å²) in [6, 6.07) is 17.4. The Morgan fingerprint density at radius 3 is 2.12 bits per heavy atom. The van der Waals surface area contributed by atoms with Crippen molar-refractivity contribution in [3.8, 4) is 11.3 Å². The van der Waals surface area contributed by atoms with Gasteiger partial charge >= 0.3 is 0 Å². The molecule has 0 saturated carbocycles. The molecule has 0 fully saturated rings. The van der Waals surface area contributed by atoms with Gasteiger partial charge in [0.05, 0.1) is 0 Å². The minimum absolute atomic E-state index is 0.113. The van der Waals surface area contributed by atoms with Gasteiger partial charge in [0.1, 0.15) is 5.76 Å². The van der Waals surface area contributed by atoms with Gasteiger partial charge in [-0.25, -0.2) is 0 Å². The second-order valence-electron chi connectivity index (χ2n) is 6.52. The predicted molar refractivity (Wildman–Crippen MR) is 134 cm³/mol. The van der Waals surface area contributed by atoms with Crippen LogP contribution in [0.3, 0.4) is 0 Å². The van der Waals surface area contributed by atoms with Gasteiger partial charge in [0.2, 0.25) is 5.91 Å². The molecule has 0 radical (unpaired) electrons. The van der Waals surface area contributed by atoms with Crippen molar-refractivity contribution in [1.82, 2.24) is 10.6 Å². The quantitative estimate of drug-likeness (QED) is 0.379. The number of anilines is 2. The largest absolute Gasteiger partial charge is 0.451 e. The Hall–Kier alpha value is -3.27. The second-order valence-corrected chi connectivity index (χ2v) is 7.77. The van der Waals surface area contributed by atoms with Gasteiger partial charge in [0.25, 0.3) is 5.91 Å². The number of halogens is 1. The summed E-state index contributed by atoms with van der Waals surface area (Å²) in [6.07, 6.45) is 0.341. The highest BCUT2D eigenvalue weighted by Crippen LogP contribution is 2.24. The average molecular weight is 487 g/mol. The molecule has 2 amide bonds. The summed E-state index contributed by atoms with van der Waals surface area (Å²) in [5.41, 5.74) is 2.11. The molecule has 0 spiro atoms. The first-order valence-corrected chi connectivity index (χ1v) is 10.7. The van der Waals surface area contributed by atoms with Gasteiger partial charge in [-0.3, -0.25) is 14.9 Å². The summed E-state index contributed by atoms with van der Waals surface area (Å²) in [6.45, 7) is 1.74. The minimum Gasteiger partial charge on any atom is -0.451 e. The molecular weight excluding hydrogens is 468 g/mol. The van der Waals surface area contributed by atoms with Crippen molar-refractivity contribution in [1.29, 1.82) is 0 Å². The van der Waals surface area contributed by atoms with Crippen LogP contribution in [0, 0.1) is 0 Å². The Bertz CT molecular complexity index is 1160. The number of carbonyl (C=O) groups is 2. The van der Waals surface area contributed by atoms with Crippen LogP contribution in [0.1, 0.15) is 23.9 Å². The van der Waals surface area contributed by atoms with Crippen LogP contribution in [0.25, 0.3) is 11.3 Å². The van der Waals surface area contributed by atoms with Crippen molar-refractivity contribution in [2.45, 2.75) is 13.3 Å². The fourth-order valence-electron chi connectivity index (χ4n) is 2.60. The maximum Gasteiger partial charge on any atom is 0.293 e. The lowest BCUT2D eigenvalue weighted by Crippen LogP contribution is -2.34. The average Bonchev–Trinajstić information content (AvgIpc) is 3.25. The first-order chi connectivity index (χ1) is 15.3. The van der Waals surface area contributed by atoms with E-state index in [0.717, 1.165) is 5.56 Å². The summed E-state index contributed by atoms with van der Waals surface area (Å²) < 4.78 is 5.62. The van der Waals surface area contributed by atoms with Crippen LogP contribution < -0.4 is 21.3 Å². The van der Waals surface area contributed by atoms with E-state index in [0.29, 0.717) is 28.6 Å². The lowest BCUT2D eigenvalue weighted by atomic mass is 10.2. The van der Waals surface area contributed by atoms with Crippen LogP contribution in [-0.4, -0.2) is 22.0 Å². The zero-order valence-electron chi connectivity index (χ0n) is 16.9. The topological polar surface area (TPSA) is 95.4 Å². The number of amides is 2. The fraction of sp³-hybridized carbons (Fsp3) is 0.0909. The Kier molecular flexibility index (Phi) is 7.93. The lowest BCUT2D eigenvalue weighted by molar-refractivity contribution is -0.119. The smallest absolute Gasteiger partial charge is 0.293 e. The molecule has 4 N–H and O–H groups in total. The number of carbonyl (C=O) groups excluding carboxylic acids is 2. The number of nitrogens with one attached hydrogen (secondary N) is 4. The van der Waals surface area contributed by atoms with Gasteiger partial charge in [-0.15, -0.1) is 0 Å². The third-order valence-corrected chi connectivity index (χ3v) is 4.78. The van der Waals surface area contributed by atoms with E-state index in [2.05, 4.69) is 21.3 Å². The number of rotatable bonds is 5. The summed E-state index contributed by atoms with van der Waals surface area (Å²) in [5, 5.41) is 11.9. The van der Waals surface area contributed by atoms with Crippen LogP contribution in [0.4, 0.5) is 11.4 Å². The molecule has 0 aliphatic heterocycles. The van der Waals surface area contributed by atoms with E-state index in [1.165, 1.54) is 0 Å². The second kappa shape index (κ2) is 10.9. The van der Waals surface area contributed by atoms with E-state index in [-0.39, 0.29) is 21.9 Å². The molecule has 0 bridgehead atoms. The Balaban J connectivity index is 1.54. The number of hydrogen-bond donors (Lipinski definition) is 4. The van der Waals surface area contributed by atoms with Crippen LogP contribution in [0.15, 0.2) is 65.1 Å². The molecule has 7 nitrogen and oxygen atoms in total. The first kappa shape index (κ1) is 23.4. The van der Waals surface area contributed by atoms with E-state index < -0.39 is 5.91 Å². The van der Waals surface area contributed by atoms with E-state index in [4.69, 9.17) is 40.5 Å². The molecular formula is C22H19ClN4O3S2. The molecule has 0 atom stereocenters. The van der Waals surface area contributed by atoms with E-state index in [1.807, 2.05) is 6.07 Å². The molecule has 0 aliphatic rings. The van der Waals surface area contributed by atoms with E-state index in [9.17, 15) is 9.59 Å². The number of benzene rings is 2. The first-order valence-electron chi connectivity index (χ1n) is 9.53. The summed E-state index contributed by atoms with van der Waals surface area (Å²) in [7, 11) is 0. The zero-order valence-corrected chi connectivity index (χ0v) is 19.3. The van der Waals surface area contributed by atoms with Crippen molar-refractivity contribution in [2.24, 2.45) is 0 Å². The molecule has 3 rings (SSSR count). The van der Waals surface area contributed by atoms with Crippen LogP contribution in [-0.2, 0) is 4.79 Å². The van der Waals surface area contributed by atoms with Crippen molar-refractivity contribution >= 4 is 69.5 Å². The molecule has 164 valence electrons. The van der Waals surface area contributed by atoms with Crippen molar-refractivity contribution in [3.05, 3.63) is 71.4 Å². The molecule has 32 heavy (non-hydrogen) atoms. The monoisotopic (exact) mass is 486 g/mol. The SMILES string of the molecule is CCC(=O)NC(=S)Nc1ccc(NC(=S)NC(=O)c2ccc(-c3cccc(Cl)c3)o2)cc1. The highest BCUT2D eigenvalue weighted by molar-refractivity contribution is 7.80. The molecule has 1 aromatic heterocycles. The molecule has 2 aromatic carbocycles. The summed E-state index contributed by atoms with van der Waals surface area (Å²) in [4.78, 5) is 23.8. The number of furan rings is 1. The fourth-order valence-corrected chi connectivity index (χ4v) is 3.23. The Morgan fingerprint density at radius 1 is 0.906 bits per heavy atom. The van der Waals surface area contributed by atoms with Crippen LogP contribution in [0.5, 0.6) is 0 Å². The normalized spacial score (nSPS) is 10.2. The van der Waals surface area contributed by atoms with Crippen molar-refractivity contribution in [3.63, 3.8) is 0 Å². The molecule has 1 heterocycles. The highest BCUT2D eigenvalue weighted by atomic mass is 35.5. The van der Waals surface area contributed by atoms with Crippen molar-refractivity contribution in [2.75, 3.05) is 10.6 Å². The third-order valence-electron chi connectivity index (χ3n) is 4.14. The summed E-state index contributed by atoms with van der Waals surface area (Å²) >= 11 is 16.3.